The summed E-state index contributed by atoms with van der Waals surface area (Å²) in [5.41, 5.74) is 3.15. The van der Waals surface area contributed by atoms with Gasteiger partial charge in [-0.15, -0.1) is 0 Å². The summed E-state index contributed by atoms with van der Waals surface area (Å²) < 4.78 is 5.05. The molecule has 0 spiro atoms. The van der Waals surface area contributed by atoms with E-state index in [2.05, 4.69) is 15.3 Å². The molecule has 1 aliphatic rings. The van der Waals surface area contributed by atoms with Crippen LogP contribution in [0.2, 0.25) is 0 Å². The van der Waals surface area contributed by atoms with Crippen LogP contribution in [0.5, 0.6) is 0 Å². The van der Waals surface area contributed by atoms with E-state index in [4.69, 9.17) is 4.74 Å². The molecule has 0 saturated carbocycles. The summed E-state index contributed by atoms with van der Waals surface area (Å²) in [5, 5.41) is 2.90. The molecule has 0 bridgehead atoms. The van der Waals surface area contributed by atoms with Crippen molar-refractivity contribution in [2.45, 2.75) is 25.9 Å². The van der Waals surface area contributed by atoms with E-state index in [-0.39, 0.29) is 5.91 Å². The second-order valence-corrected chi connectivity index (χ2v) is 5.11. The molecule has 0 aliphatic carbocycles. The highest BCUT2D eigenvalue weighted by Gasteiger charge is 2.38. The molecule has 18 heavy (non-hydrogen) atoms. The Kier molecular flexibility index (Phi) is 2.22. The van der Waals surface area contributed by atoms with Crippen molar-refractivity contribution in [1.82, 2.24) is 9.97 Å². The SMILES string of the molecule is COCc1nc2cc3c(cc2[nH]1)NC(=O)C3(C)C. The number of nitrogens with zero attached hydrogens (tertiary/aromatic N) is 1. The summed E-state index contributed by atoms with van der Waals surface area (Å²) >= 11 is 0. The van der Waals surface area contributed by atoms with Crippen molar-refractivity contribution in [2.75, 3.05) is 12.4 Å². The average Bonchev–Trinajstić information content (AvgIpc) is 2.77. The fraction of sp³-hybridized carbons (Fsp3) is 0.385. The molecule has 1 aromatic heterocycles. The van der Waals surface area contributed by atoms with Gasteiger partial charge in [-0.1, -0.05) is 0 Å². The lowest BCUT2D eigenvalue weighted by molar-refractivity contribution is -0.119. The van der Waals surface area contributed by atoms with Gasteiger partial charge in [-0.2, -0.15) is 0 Å². The van der Waals surface area contributed by atoms with Crippen LogP contribution in [0.4, 0.5) is 5.69 Å². The van der Waals surface area contributed by atoms with Crippen LogP contribution in [0.25, 0.3) is 11.0 Å². The van der Waals surface area contributed by atoms with Crippen molar-refractivity contribution in [3.05, 3.63) is 23.5 Å². The maximum absolute atomic E-state index is 11.9. The second kappa shape index (κ2) is 3.55. The molecule has 94 valence electrons. The molecule has 0 atom stereocenters. The van der Waals surface area contributed by atoms with E-state index in [1.165, 1.54) is 0 Å². The average molecular weight is 245 g/mol. The first-order valence-corrected chi connectivity index (χ1v) is 5.86. The monoisotopic (exact) mass is 245 g/mol. The van der Waals surface area contributed by atoms with Crippen LogP contribution in [0.15, 0.2) is 12.1 Å². The van der Waals surface area contributed by atoms with Crippen LogP contribution >= 0.6 is 0 Å². The van der Waals surface area contributed by atoms with Crippen molar-refractivity contribution < 1.29 is 9.53 Å². The predicted octanol–water partition coefficient (Wildman–Crippen LogP) is 1.94. The Labute approximate surface area is 105 Å². The van der Waals surface area contributed by atoms with Gasteiger partial charge in [-0.05, 0) is 31.5 Å². The first-order chi connectivity index (χ1) is 8.52. The molecule has 2 aromatic rings. The standard InChI is InChI=1S/C13H15N3O2/c1-13(2)7-4-9-10(5-8(7)16-12(13)17)15-11(14-9)6-18-3/h4-5H,6H2,1-3H3,(H,14,15)(H,16,17). The number of aromatic nitrogens is 2. The van der Waals surface area contributed by atoms with E-state index >= 15 is 0 Å². The number of methoxy groups -OCH3 is 1. The summed E-state index contributed by atoms with van der Waals surface area (Å²) in [6.45, 7) is 4.29. The quantitative estimate of drug-likeness (QED) is 0.849. The Morgan fingerprint density at radius 1 is 1.39 bits per heavy atom. The lowest BCUT2D eigenvalue weighted by Gasteiger charge is -2.14. The molecule has 1 amide bonds. The summed E-state index contributed by atoms with van der Waals surface area (Å²) in [4.78, 5) is 19.5. The summed E-state index contributed by atoms with van der Waals surface area (Å²) in [6, 6.07) is 3.90. The van der Waals surface area contributed by atoms with Crippen molar-refractivity contribution >= 4 is 22.6 Å². The van der Waals surface area contributed by atoms with Crippen molar-refractivity contribution in [2.24, 2.45) is 0 Å². The minimum Gasteiger partial charge on any atom is -0.377 e. The number of H-pyrrole nitrogens is 1. The Morgan fingerprint density at radius 2 is 2.17 bits per heavy atom. The zero-order valence-corrected chi connectivity index (χ0v) is 10.6. The molecular weight excluding hydrogens is 230 g/mol. The van der Waals surface area contributed by atoms with Gasteiger partial charge in [0.25, 0.3) is 0 Å². The van der Waals surface area contributed by atoms with Crippen molar-refractivity contribution in [3.63, 3.8) is 0 Å². The molecule has 0 fully saturated rings. The number of nitrogens with one attached hydrogen (secondary N) is 2. The van der Waals surface area contributed by atoms with Gasteiger partial charge in [0.05, 0.1) is 16.4 Å². The first kappa shape index (κ1) is 11.2. The number of ether oxygens (including phenoxy) is 1. The van der Waals surface area contributed by atoms with Crippen LogP contribution in [0, 0.1) is 0 Å². The number of rotatable bonds is 2. The number of benzene rings is 1. The number of anilines is 1. The fourth-order valence-electron chi connectivity index (χ4n) is 2.34. The molecule has 5 nitrogen and oxygen atoms in total. The first-order valence-electron chi connectivity index (χ1n) is 5.86. The molecule has 0 radical (unpaired) electrons. The van der Waals surface area contributed by atoms with Gasteiger partial charge >= 0.3 is 0 Å². The van der Waals surface area contributed by atoms with E-state index in [1.54, 1.807) is 7.11 Å². The Hall–Kier alpha value is -1.88. The predicted molar refractivity (Wildman–Crippen MR) is 68.5 cm³/mol. The van der Waals surface area contributed by atoms with Crippen molar-refractivity contribution in [1.29, 1.82) is 0 Å². The third kappa shape index (κ3) is 1.44. The number of carbonyl (C=O) groups is 1. The molecule has 0 unspecified atom stereocenters. The minimum atomic E-state index is -0.496. The van der Waals surface area contributed by atoms with Gasteiger partial charge in [0.1, 0.15) is 12.4 Å². The molecule has 2 heterocycles. The molecule has 5 heteroatoms. The highest BCUT2D eigenvalue weighted by atomic mass is 16.5. The minimum absolute atomic E-state index is 0.0299. The topological polar surface area (TPSA) is 67.0 Å². The normalized spacial score (nSPS) is 16.9. The van der Waals surface area contributed by atoms with E-state index in [0.29, 0.717) is 6.61 Å². The maximum atomic E-state index is 11.9. The Balaban J connectivity index is 2.17. The third-order valence-corrected chi connectivity index (χ3v) is 3.44. The number of aromatic amines is 1. The van der Waals surface area contributed by atoms with E-state index in [0.717, 1.165) is 28.1 Å². The van der Waals surface area contributed by atoms with Gasteiger partial charge in [-0.3, -0.25) is 4.79 Å². The second-order valence-electron chi connectivity index (χ2n) is 5.11. The van der Waals surface area contributed by atoms with Gasteiger partial charge in [0.2, 0.25) is 5.91 Å². The van der Waals surface area contributed by atoms with E-state index < -0.39 is 5.41 Å². The van der Waals surface area contributed by atoms with E-state index in [1.807, 2.05) is 26.0 Å². The van der Waals surface area contributed by atoms with E-state index in [9.17, 15) is 4.79 Å². The van der Waals surface area contributed by atoms with Gasteiger partial charge in [-0.25, -0.2) is 4.98 Å². The van der Waals surface area contributed by atoms with Crippen LogP contribution in [0.1, 0.15) is 25.2 Å². The number of fused-ring (bicyclic) bond motifs is 2. The van der Waals surface area contributed by atoms with Crippen LogP contribution in [0.3, 0.4) is 0 Å². The van der Waals surface area contributed by atoms with Crippen molar-refractivity contribution in [3.8, 4) is 0 Å². The summed E-state index contributed by atoms with van der Waals surface area (Å²) in [5.74, 6) is 0.822. The van der Waals surface area contributed by atoms with Crippen LogP contribution in [-0.2, 0) is 21.6 Å². The number of carbonyl (C=O) groups excluding carboxylic acids is 1. The molecule has 1 aromatic carbocycles. The number of hydrogen-bond acceptors (Lipinski definition) is 3. The number of hydrogen-bond donors (Lipinski definition) is 2. The Morgan fingerprint density at radius 3 is 2.89 bits per heavy atom. The molecule has 2 N–H and O–H groups in total. The van der Waals surface area contributed by atoms with Gasteiger partial charge in [0, 0.05) is 12.8 Å². The molecular formula is C13H15N3O2. The zero-order chi connectivity index (χ0) is 12.9. The highest BCUT2D eigenvalue weighted by molar-refractivity contribution is 6.07. The zero-order valence-electron chi connectivity index (χ0n) is 10.6. The van der Waals surface area contributed by atoms with Gasteiger partial charge in [0.15, 0.2) is 0 Å². The summed E-state index contributed by atoms with van der Waals surface area (Å²) in [6.07, 6.45) is 0. The summed E-state index contributed by atoms with van der Waals surface area (Å²) in [7, 11) is 1.64. The van der Waals surface area contributed by atoms with Crippen LogP contribution in [-0.4, -0.2) is 23.0 Å². The fourth-order valence-corrected chi connectivity index (χ4v) is 2.34. The Bertz CT molecular complexity index is 643. The number of amides is 1. The third-order valence-electron chi connectivity index (χ3n) is 3.44. The largest absolute Gasteiger partial charge is 0.377 e. The van der Waals surface area contributed by atoms with Crippen LogP contribution < -0.4 is 5.32 Å². The maximum Gasteiger partial charge on any atom is 0.234 e. The van der Waals surface area contributed by atoms with Gasteiger partial charge < -0.3 is 15.0 Å². The molecule has 1 aliphatic heterocycles. The highest BCUT2D eigenvalue weighted by Crippen LogP contribution is 2.39. The lowest BCUT2D eigenvalue weighted by Crippen LogP contribution is -2.26. The smallest absolute Gasteiger partial charge is 0.234 e. The number of imidazole rings is 1. The molecule has 0 saturated heterocycles. The molecule has 3 rings (SSSR count). The lowest BCUT2D eigenvalue weighted by atomic mass is 9.86.